The molecule has 0 bridgehead atoms. The molecule has 1 saturated heterocycles. The lowest BCUT2D eigenvalue weighted by Crippen LogP contribution is -2.35. The highest BCUT2D eigenvalue weighted by atomic mass is 16.5. The number of ether oxygens (including phenoxy) is 1. The highest BCUT2D eigenvalue weighted by Gasteiger charge is 2.20. The predicted octanol–water partition coefficient (Wildman–Crippen LogP) is 4.03. The number of likely N-dealkylation sites (tertiary alicyclic amines) is 1. The molecular formula is C22H26N2O3. The quantitative estimate of drug-likeness (QED) is 0.869. The van der Waals surface area contributed by atoms with E-state index in [4.69, 9.17) is 4.74 Å². The number of benzene rings is 2. The zero-order chi connectivity index (χ0) is 19.2. The van der Waals surface area contributed by atoms with Crippen molar-refractivity contribution in [1.29, 1.82) is 0 Å². The van der Waals surface area contributed by atoms with Gasteiger partial charge < -0.3 is 15.0 Å². The summed E-state index contributed by atoms with van der Waals surface area (Å²) in [7, 11) is 0. The van der Waals surface area contributed by atoms with Crippen molar-refractivity contribution in [3.63, 3.8) is 0 Å². The molecule has 0 aromatic heterocycles. The van der Waals surface area contributed by atoms with Crippen LogP contribution in [0.2, 0.25) is 0 Å². The first-order chi connectivity index (χ1) is 13.0. The number of nitrogens with one attached hydrogen (secondary N) is 1. The van der Waals surface area contributed by atoms with Crippen LogP contribution in [0.1, 0.15) is 42.1 Å². The Morgan fingerprint density at radius 3 is 2.52 bits per heavy atom. The Kier molecular flexibility index (Phi) is 6.12. The first-order valence-corrected chi connectivity index (χ1v) is 9.47. The summed E-state index contributed by atoms with van der Waals surface area (Å²) in [5.74, 6) is 0.463. The molecule has 2 aromatic rings. The maximum Gasteiger partial charge on any atom is 0.265 e. The lowest BCUT2D eigenvalue weighted by Gasteiger charge is -2.26. The average molecular weight is 366 g/mol. The van der Waals surface area contributed by atoms with Crippen LogP contribution in [-0.4, -0.2) is 35.9 Å². The fourth-order valence-corrected chi connectivity index (χ4v) is 3.19. The minimum atomic E-state index is -0.646. The fourth-order valence-electron chi connectivity index (χ4n) is 3.19. The lowest BCUT2D eigenvalue weighted by molar-refractivity contribution is -0.122. The second-order valence-electron chi connectivity index (χ2n) is 6.95. The van der Waals surface area contributed by atoms with Gasteiger partial charge in [0.05, 0.1) is 0 Å². The van der Waals surface area contributed by atoms with Gasteiger partial charge in [0.15, 0.2) is 6.10 Å². The van der Waals surface area contributed by atoms with Crippen molar-refractivity contribution in [2.45, 2.75) is 39.2 Å². The molecule has 1 aliphatic rings. The summed E-state index contributed by atoms with van der Waals surface area (Å²) in [5, 5.41) is 2.84. The number of anilines is 1. The van der Waals surface area contributed by atoms with Crippen molar-refractivity contribution < 1.29 is 14.3 Å². The Balaban J connectivity index is 1.64. The summed E-state index contributed by atoms with van der Waals surface area (Å²) in [4.78, 5) is 27.0. The molecule has 3 rings (SSSR count). The average Bonchev–Trinajstić information content (AvgIpc) is 2.70. The van der Waals surface area contributed by atoms with Crippen molar-refractivity contribution in [2.75, 3.05) is 18.4 Å². The summed E-state index contributed by atoms with van der Waals surface area (Å²) >= 11 is 0. The number of rotatable bonds is 5. The molecule has 2 aromatic carbocycles. The first kappa shape index (κ1) is 19.0. The van der Waals surface area contributed by atoms with E-state index < -0.39 is 6.10 Å². The van der Waals surface area contributed by atoms with Crippen molar-refractivity contribution in [1.82, 2.24) is 4.90 Å². The van der Waals surface area contributed by atoms with Crippen LogP contribution in [0.25, 0.3) is 0 Å². The third-order valence-corrected chi connectivity index (χ3v) is 4.79. The van der Waals surface area contributed by atoms with E-state index in [-0.39, 0.29) is 11.8 Å². The Hall–Kier alpha value is -2.82. The van der Waals surface area contributed by atoms with E-state index in [1.54, 1.807) is 31.2 Å². The van der Waals surface area contributed by atoms with Crippen molar-refractivity contribution in [2.24, 2.45) is 0 Å². The summed E-state index contributed by atoms with van der Waals surface area (Å²) < 4.78 is 5.76. The molecule has 0 saturated carbocycles. The zero-order valence-corrected chi connectivity index (χ0v) is 15.9. The summed E-state index contributed by atoms with van der Waals surface area (Å²) in [6.07, 6.45) is 2.64. The SMILES string of the molecule is Cc1ccccc1OC(C)C(=O)Nc1cccc(C(=O)N2CCCCC2)c1. The highest BCUT2D eigenvalue weighted by Crippen LogP contribution is 2.19. The van der Waals surface area contributed by atoms with Gasteiger partial charge in [-0.15, -0.1) is 0 Å². The van der Waals surface area contributed by atoms with Gasteiger partial charge in [0.25, 0.3) is 11.8 Å². The van der Waals surface area contributed by atoms with Gasteiger partial charge in [-0.1, -0.05) is 24.3 Å². The topological polar surface area (TPSA) is 58.6 Å². The van der Waals surface area contributed by atoms with Crippen LogP contribution in [0.5, 0.6) is 5.75 Å². The number of hydrogen-bond donors (Lipinski definition) is 1. The summed E-state index contributed by atoms with van der Waals surface area (Å²) in [6, 6.07) is 14.7. The first-order valence-electron chi connectivity index (χ1n) is 9.47. The lowest BCUT2D eigenvalue weighted by atomic mass is 10.1. The molecule has 27 heavy (non-hydrogen) atoms. The minimum absolute atomic E-state index is 0.0232. The van der Waals surface area contributed by atoms with E-state index in [2.05, 4.69) is 5.32 Å². The summed E-state index contributed by atoms with van der Waals surface area (Å²) in [6.45, 7) is 5.26. The number of aryl methyl sites for hydroxylation is 1. The van der Waals surface area contributed by atoms with Gasteiger partial charge in [-0.05, 0) is 62.9 Å². The molecule has 1 aliphatic heterocycles. The van der Waals surface area contributed by atoms with Crippen molar-refractivity contribution in [3.05, 3.63) is 59.7 Å². The number of piperidine rings is 1. The Morgan fingerprint density at radius 2 is 1.78 bits per heavy atom. The maximum atomic E-state index is 12.6. The molecule has 5 nitrogen and oxygen atoms in total. The maximum absolute atomic E-state index is 12.6. The van der Waals surface area contributed by atoms with Gasteiger partial charge in [0.1, 0.15) is 5.75 Å². The summed E-state index contributed by atoms with van der Waals surface area (Å²) in [5.41, 5.74) is 2.18. The van der Waals surface area contributed by atoms with E-state index >= 15 is 0 Å². The van der Waals surface area contributed by atoms with Gasteiger partial charge in [-0.25, -0.2) is 0 Å². The molecular weight excluding hydrogens is 340 g/mol. The van der Waals surface area contributed by atoms with E-state index in [1.807, 2.05) is 36.1 Å². The van der Waals surface area contributed by atoms with E-state index in [0.717, 1.165) is 31.5 Å². The van der Waals surface area contributed by atoms with Crippen LogP contribution in [0.4, 0.5) is 5.69 Å². The largest absolute Gasteiger partial charge is 0.481 e. The number of nitrogens with zero attached hydrogens (tertiary/aromatic N) is 1. The van der Waals surface area contributed by atoms with Crippen LogP contribution in [0, 0.1) is 6.92 Å². The smallest absolute Gasteiger partial charge is 0.265 e. The molecule has 2 amide bonds. The zero-order valence-electron chi connectivity index (χ0n) is 15.9. The van der Waals surface area contributed by atoms with Gasteiger partial charge in [0, 0.05) is 24.3 Å². The van der Waals surface area contributed by atoms with Gasteiger partial charge in [0.2, 0.25) is 0 Å². The van der Waals surface area contributed by atoms with E-state index in [0.29, 0.717) is 17.0 Å². The van der Waals surface area contributed by atoms with Gasteiger partial charge in [-0.3, -0.25) is 9.59 Å². The van der Waals surface area contributed by atoms with Crippen LogP contribution >= 0.6 is 0 Å². The fraction of sp³-hybridized carbons (Fsp3) is 0.364. The van der Waals surface area contributed by atoms with Gasteiger partial charge in [-0.2, -0.15) is 0 Å². The third kappa shape index (κ3) is 4.88. The Labute approximate surface area is 160 Å². The number of amides is 2. The highest BCUT2D eigenvalue weighted by molar-refractivity contribution is 5.98. The number of hydrogen-bond acceptors (Lipinski definition) is 3. The van der Waals surface area contributed by atoms with Crippen molar-refractivity contribution >= 4 is 17.5 Å². The number of para-hydroxylation sites is 1. The molecule has 0 radical (unpaired) electrons. The molecule has 1 unspecified atom stereocenters. The Bertz CT molecular complexity index is 813. The standard InChI is InChI=1S/C22H26N2O3/c1-16-9-4-5-12-20(16)27-17(2)21(25)23-19-11-8-10-18(15-19)22(26)24-13-6-3-7-14-24/h4-5,8-12,15,17H,3,6-7,13-14H2,1-2H3,(H,23,25). The third-order valence-electron chi connectivity index (χ3n) is 4.79. The van der Waals surface area contributed by atoms with E-state index in [9.17, 15) is 9.59 Å². The number of carbonyl (C=O) groups is 2. The normalized spacial score (nSPS) is 15.1. The predicted molar refractivity (Wildman–Crippen MR) is 106 cm³/mol. The molecule has 1 atom stereocenters. The molecule has 5 heteroatoms. The molecule has 0 spiro atoms. The van der Waals surface area contributed by atoms with Crippen LogP contribution < -0.4 is 10.1 Å². The molecule has 142 valence electrons. The molecule has 1 heterocycles. The van der Waals surface area contributed by atoms with Crippen LogP contribution in [-0.2, 0) is 4.79 Å². The van der Waals surface area contributed by atoms with Crippen LogP contribution in [0.3, 0.4) is 0 Å². The molecule has 1 N–H and O–H groups in total. The second kappa shape index (κ2) is 8.71. The van der Waals surface area contributed by atoms with E-state index in [1.165, 1.54) is 6.42 Å². The second-order valence-corrected chi connectivity index (χ2v) is 6.95. The molecule has 0 aliphatic carbocycles. The molecule has 1 fully saturated rings. The number of carbonyl (C=O) groups excluding carboxylic acids is 2. The Morgan fingerprint density at radius 1 is 1.04 bits per heavy atom. The van der Waals surface area contributed by atoms with Crippen molar-refractivity contribution in [3.8, 4) is 5.75 Å². The minimum Gasteiger partial charge on any atom is -0.481 e. The van der Waals surface area contributed by atoms with Gasteiger partial charge >= 0.3 is 0 Å². The van der Waals surface area contributed by atoms with Crippen LogP contribution in [0.15, 0.2) is 48.5 Å². The monoisotopic (exact) mass is 366 g/mol.